The summed E-state index contributed by atoms with van der Waals surface area (Å²) < 4.78 is 4.87. The summed E-state index contributed by atoms with van der Waals surface area (Å²) in [6.45, 7) is 0.220. The van der Waals surface area contributed by atoms with Crippen LogP contribution >= 0.6 is 23.1 Å². The number of rotatable bonds is 6. The summed E-state index contributed by atoms with van der Waals surface area (Å²) in [5.41, 5.74) is 1.12. The average Bonchev–Trinajstić information content (AvgIpc) is 2.85. The Hall–Kier alpha value is -1.05. The lowest BCUT2D eigenvalue weighted by atomic mass is 10.1. The molecule has 1 aliphatic heterocycles. The molecule has 7 heteroatoms. The van der Waals surface area contributed by atoms with E-state index in [9.17, 15) is 9.59 Å². The van der Waals surface area contributed by atoms with Crippen molar-refractivity contribution < 1.29 is 19.4 Å². The number of carbonyl (C=O) groups is 2. The minimum Gasteiger partial charge on any atom is -0.480 e. The maximum atomic E-state index is 12.1. The number of carbonyl (C=O) groups excluding carboxylic acids is 1. The normalized spacial score (nSPS) is 17.8. The van der Waals surface area contributed by atoms with E-state index >= 15 is 0 Å². The summed E-state index contributed by atoms with van der Waals surface area (Å²) in [6.07, 6.45) is 1.03. The van der Waals surface area contributed by atoms with Gasteiger partial charge in [0, 0.05) is 11.4 Å². The first-order valence-electron chi connectivity index (χ1n) is 5.93. The highest BCUT2D eigenvalue weighted by Crippen LogP contribution is 2.39. The second-order valence-corrected chi connectivity index (χ2v) is 6.25. The highest BCUT2D eigenvalue weighted by atomic mass is 32.2. The molecule has 2 N–H and O–H groups in total. The third-order valence-electron chi connectivity index (χ3n) is 2.69. The first-order chi connectivity index (χ1) is 9.18. The van der Waals surface area contributed by atoms with Gasteiger partial charge in [-0.05, 0) is 29.2 Å². The van der Waals surface area contributed by atoms with Gasteiger partial charge in [-0.3, -0.25) is 4.79 Å². The number of thioether (sulfide) groups is 1. The molecule has 1 aromatic rings. The highest BCUT2D eigenvalue weighted by molar-refractivity contribution is 8.00. The number of nitrogens with one attached hydrogen (secondary N) is 1. The standard InChI is InChI=1S/C12H15NO4S2/c14-10(15)7-17-4-3-13-12(16)11-8-1-5-18-9(8)2-6-19-11/h1,5,11H,2-4,6-7H2,(H,13,16)(H,14,15). The van der Waals surface area contributed by atoms with Gasteiger partial charge in [0.25, 0.3) is 0 Å². The summed E-state index contributed by atoms with van der Waals surface area (Å²) in [6, 6.07) is 2.01. The molecule has 5 nitrogen and oxygen atoms in total. The summed E-state index contributed by atoms with van der Waals surface area (Å²) in [4.78, 5) is 23.6. The molecule has 0 radical (unpaired) electrons. The molecule has 0 bridgehead atoms. The molecule has 1 aromatic heterocycles. The number of aryl methyl sites for hydroxylation is 1. The Morgan fingerprint density at radius 3 is 3.16 bits per heavy atom. The number of carboxylic acids is 1. The SMILES string of the molecule is O=C(O)COCCNC(=O)C1SCCc2sccc21. The van der Waals surface area contributed by atoms with Crippen molar-refractivity contribution in [2.24, 2.45) is 0 Å². The van der Waals surface area contributed by atoms with Crippen LogP contribution in [0.2, 0.25) is 0 Å². The van der Waals surface area contributed by atoms with Crippen molar-refractivity contribution >= 4 is 35.0 Å². The fraction of sp³-hybridized carbons (Fsp3) is 0.500. The monoisotopic (exact) mass is 301 g/mol. The van der Waals surface area contributed by atoms with Crippen LogP contribution in [0.15, 0.2) is 11.4 Å². The summed E-state index contributed by atoms with van der Waals surface area (Å²) in [5.74, 6) is -0.0680. The molecule has 2 rings (SSSR count). The lowest BCUT2D eigenvalue weighted by molar-refractivity contribution is -0.142. The van der Waals surface area contributed by atoms with E-state index in [1.807, 2.05) is 11.4 Å². The molecular formula is C12H15NO4S2. The van der Waals surface area contributed by atoms with Gasteiger partial charge in [-0.1, -0.05) is 0 Å². The second kappa shape index (κ2) is 6.93. The lowest BCUT2D eigenvalue weighted by Crippen LogP contribution is -2.32. The maximum Gasteiger partial charge on any atom is 0.329 e. The first kappa shape index (κ1) is 14.4. The van der Waals surface area contributed by atoms with Crippen LogP contribution in [0.1, 0.15) is 15.7 Å². The van der Waals surface area contributed by atoms with Gasteiger partial charge >= 0.3 is 5.97 Å². The van der Waals surface area contributed by atoms with Gasteiger partial charge in [0.15, 0.2) is 0 Å². The minimum absolute atomic E-state index is 0.0247. The number of fused-ring (bicyclic) bond motifs is 1. The molecule has 0 saturated carbocycles. The fourth-order valence-electron chi connectivity index (χ4n) is 1.86. The Morgan fingerprint density at radius 2 is 2.37 bits per heavy atom. The van der Waals surface area contributed by atoms with E-state index in [4.69, 9.17) is 9.84 Å². The zero-order chi connectivity index (χ0) is 13.7. The van der Waals surface area contributed by atoms with Gasteiger partial charge in [-0.25, -0.2) is 4.79 Å². The van der Waals surface area contributed by atoms with Crippen molar-refractivity contribution in [3.8, 4) is 0 Å². The molecule has 1 unspecified atom stereocenters. The topological polar surface area (TPSA) is 75.6 Å². The zero-order valence-electron chi connectivity index (χ0n) is 10.3. The third kappa shape index (κ3) is 3.95. The van der Waals surface area contributed by atoms with Gasteiger partial charge in [0.05, 0.1) is 6.61 Å². The summed E-state index contributed by atoms with van der Waals surface area (Å²) in [5, 5.41) is 13.1. The van der Waals surface area contributed by atoms with Gasteiger partial charge in [-0.2, -0.15) is 0 Å². The number of aliphatic carboxylic acids is 1. The average molecular weight is 301 g/mol. The van der Waals surface area contributed by atoms with Gasteiger partial charge in [0.1, 0.15) is 11.9 Å². The Balaban J connectivity index is 1.77. The predicted molar refractivity (Wildman–Crippen MR) is 74.7 cm³/mol. The minimum atomic E-state index is -1.00. The van der Waals surface area contributed by atoms with Gasteiger partial charge in [0.2, 0.25) is 5.91 Å². The van der Waals surface area contributed by atoms with Crippen LogP contribution in [0.5, 0.6) is 0 Å². The van der Waals surface area contributed by atoms with Crippen molar-refractivity contribution in [3.63, 3.8) is 0 Å². The van der Waals surface area contributed by atoms with E-state index in [1.54, 1.807) is 23.1 Å². The molecule has 0 spiro atoms. The van der Waals surface area contributed by atoms with Gasteiger partial charge in [-0.15, -0.1) is 23.1 Å². The van der Waals surface area contributed by atoms with E-state index < -0.39 is 5.97 Å². The van der Waals surface area contributed by atoms with Crippen LogP contribution < -0.4 is 5.32 Å². The number of hydrogen-bond donors (Lipinski definition) is 2. The van der Waals surface area contributed by atoms with Gasteiger partial charge < -0.3 is 15.2 Å². The van der Waals surface area contributed by atoms with Crippen molar-refractivity contribution in [2.75, 3.05) is 25.5 Å². The van der Waals surface area contributed by atoms with Crippen molar-refractivity contribution in [2.45, 2.75) is 11.7 Å². The quantitative estimate of drug-likeness (QED) is 0.775. The smallest absolute Gasteiger partial charge is 0.329 e. The molecule has 0 aromatic carbocycles. The molecule has 0 aliphatic carbocycles. The van der Waals surface area contributed by atoms with E-state index in [0.29, 0.717) is 6.54 Å². The van der Waals surface area contributed by atoms with Crippen LogP contribution in [0.3, 0.4) is 0 Å². The van der Waals surface area contributed by atoms with Crippen LogP contribution in [0.4, 0.5) is 0 Å². The molecule has 1 aliphatic rings. The van der Waals surface area contributed by atoms with Crippen molar-refractivity contribution in [1.29, 1.82) is 0 Å². The second-order valence-electron chi connectivity index (χ2n) is 4.04. The number of amides is 1. The highest BCUT2D eigenvalue weighted by Gasteiger charge is 2.27. The summed E-state index contributed by atoms with van der Waals surface area (Å²) in [7, 11) is 0. The Bertz CT molecular complexity index is 460. The first-order valence-corrected chi connectivity index (χ1v) is 7.86. The number of thiophene rings is 1. The largest absolute Gasteiger partial charge is 0.480 e. The molecule has 1 atom stereocenters. The molecular weight excluding hydrogens is 286 g/mol. The summed E-state index contributed by atoms with van der Waals surface area (Å²) >= 11 is 3.35. The van der Waals surface area contributed by atoms with E-state index in [2.05, 4.69) is 5.32 Å². The van der Waals surface area contributed by atoms with Crippen LogP contribution in [-0.2, 0) is 20.7 Å². The number of ether oxygens (including phenoxy) is 1. The fourth-order valence-corrected chi connectivity index (χ4v) is 4.18. The predicted octanol–water partition coefficient (Wildman–Crippen LogP) is 1.30. The van der Waals surface area contributed by atoms with Crippen LogP contribution in [0.25, 0.3) is 0 Å². The van der Waals surface area contributed by atoms with E-state index in [-0.39, 0.29) is 24.4 Å². The van der Waals surface area contributed by atoms with Crippen molar-refractivity contribution in [3.05, 3.63) is 21.9 Å². The van der Waals surface area contributed by atoms with Crippen LogP contribution in [0, 0.1) is 0 Å². The zero-order valence-corrected chi connectivity index (χ0v) is 11.9. The lowest BCUT2D eigenvalue weighted by Gasteiger charge is -2.21. The Morgan fingerprint density at radius 1 is 1.53 bits per heavy atom. The number of hydrogen-bond acceptors (Lipinski definition) is 5. The van der Waals surface area contributed by atoms with Crippen molar-refractivity contribution in [1.82, 2.24) is 5.32 Å². The van der Waals surface area contributed by atoms with E-state index in [1.165, 1.54) is 4.88 Å². The van der Waals surface area contributed by atoms with E-state index in [0.717, 1.165) is 17.7 Å². The molecule has 2 heterocycles. The molecule has 1 amide bonds. The Kier molecular flexibility index (Phi) is 5.24. The molecule has 19 heavy (non-hydrogen) atoms. The molecule has 104 valence electrons. The van der Waals surface area contributed by atoms with Crippen LogP contribution in [-0.4, -0.2) is 42.5 Å². The maximum absolute atomic E-state index is 12.1. The third-order valence-corrected chi connectivity index (χ3v) is 4.92. The number of carboxylic acid groups (broad SMARTS) is 1. The Labute approximate surface area is 119 Å². The molecule has 0 fully saturated rings. The molecule has 0 saturated heterocycles.